The van der Waals surface area contributed by atoms with Gasteiger partial charge < -0.3 is 30.5 Å². The van der Waals surface area contributed by atoms with Crippen LogP contribution in [-0.4, -0.2) is 76.8 Å². The molecule has 4 N–H and O–H groups in total. The fourth-order valence-electron chi connectivity index (χ4n) is 5.20. The Morgan fingerprint density at radius 1 is 1.04 bits per heavy atom. The number of hydrogen-bond acceptors (Lipinski definition) is 6. The Labute approximate surface area is 264 Å². The zero-order valence-corrected chi connectivity index (χ0v) is 25.7. The average Bonchev–Trinajstić information content (AvgIpc) is 3.04. The molecule has 0 spiro atoms. The summed E-state index contributed by atoms with van der Waals surface area (Å²) >= 11 is 0. The molecule has 4 rings (SSSR count). The number of halogens is 3. The van der Waals surface area contributed by atoms with Crippen LogP contribution in [0.25, 0.3) is 0 Å². The van der Waals surface area contributed by atoms with E-state index in [0.29, 0.717) is 36.6 Å². The van der Waals surface area contributed by atoms with Crippen LogP contribution in [0.3, 0.4) is 0 Å². The van der Waals surface area contributed by atoms with E-state index in [1.807, 2.05) is 18.9 Å². The zero-order chi connectivity index (χ0) is 33.6. The monoisotopic (exact) mass is 642 g/mol. The van der Waals surface area contributed by atoms with Gasteiger partial charge in [-0.25, -0.2) is 9.59 Å². The lowest BCUT2D eigenvalue weighted by Gasteiger charge is -2.34. The van der Waals surface area contributed by atoms with Gasteiger partial charge in [-0.05, 0) is 74.1 Å². The van der Waals surface area contributed by atoms with E-state index in [0.717, 1.165) is 29.8 Å². The quantitative estimate of drug-likeness (QED) is 0.248. The molecule has 0 aromatic heterocycles. The Bertz CT molecular complexity index is 1530. The number of nitrogens with one attached hydrogen (secondary N) is 2. The molecule has 0 unspecified atom stereocenters. The lowest BCUT2D eigenvalue weighted by molar-refractivity contribution is -0.137. The minimum absolute atomic E-state index is 0.0546. The molecule has 3 amide bonds. The Hall–Kier alpha value is -4.62. The van der Waals surface area contributed by atoms with Crippen molar-refractivity contribution in [3.8, 4) is 5.75 Å². The second-order valence-corrected chi connectivity index (χ2v) is 11.6. The lowest BCUT2D eigenvalue weighted by atomic mass is 10.0. The summed E-state index contributed by atoms with van der Waals surface area (Å²) < 4.78 is 45.1. The van der Waals surface area contributed by atoms with Crippen molar-refractivity contribution in [1.29, 1.82) is 0 Å². The first-order chi connectivity index (χ1) is 21.7. The first-order valence-corrected chi connectivity index (χ1v) is 14.7. The van der Waals surface area contributed by atoms with Crippen LogP contribution >= 0.6 is 0 Å². The predicted octanol–water partition coefficient (Wildman–Crippen LogP) is 5.33. The SMILES string of the molecule is C[C@@H]1CN([C@@H](C)CO)C(=O)Cc2cc(NC(=O)Nc3ccc(C(F)(F)F)cc3)ccc2O[C@@H]1CN(C)Cc1ccc(C(=O)O)cc1. The van der Waals surface area contributed by atoms with Crippen LogP contribution in [-0.2, 0) is 23.9 Å². The Balaban J connectivity index is 1.52. The normalized spacial score (nSPS) is 17.7. The van der Waals surface area contributed by atoms with Gasteiger partial charge in [0.2, 0.25) is 5.91 Å². The summed E-state index contributed by atoms with van der Waals surface area (Å²) in [5.41, 5.74) is 1.30. The topological polar surface area (TPSA) is 131 Å². The molecule has 3 aromatic rings. The third kappa shape index (κ3) is 8.98. The van der Waals surface area contributed by atoms with E-state index in [-0.39, 0.29) is 42.2 Å². The molecule has 10 nitrogen and oxygen atoms in total. The first kappa shape index (κ1) is 34.3. The van der Waals surface area contributed by atoms with Crippen molar-refractivity contribution in [2.45, 2.75) is 45.1 Å². The fourth-order valence-corrected chi connectivity index (χ4v) is 5.20. The number of alkyl halides is 3. The Kier molecular flexibility index (Phi) is 10.9. The number of likely N-dealkylation sites (N-methyl/N-ethyl adjacent to an activating group) is 1. The van der Waals surface area contributed by atoms with Gasteiger partial charge in [0.25, 0.3) is 0 Å². The maximum Gasteiger partial charge on any atom is 0.416 e. The molecular weight excluding hydrogens is 605 g/mol. The number of fused-ring (bicyclic) bond motifs is 1. The second-order valence-electron chi connectivity index (χ2n) is 11.6. The number of aliphatic hydroxyl groups excluding tert-OH is 1. The minimum atomic E-state index is -4.49. The van der Waals surface area contributed by atoms with Gasteiger partial charge in [0, 0.05) is 42.5 Å². The van der Waals surface area contributed by atoms with Crippen molar-refractivity contribution in [2.75, 3.05) is 37.4 Å². The van der Waals surface area contributed by atoms with Crippen molar-refractivity contribution >= 4 is 29.3 Å². The highest BCUT2D eigenvalue weighted by Gasteiger charge is 2.32. The highest BCUT2D eigenvalue weighted by Crippen LogP contribution is 2.31. The van der Waals surface area contributed by atoms with Crippen LogP contribution in [0.4, 0.5) is 29.3 Å². The van der Waals surface area contributed by atoms with Crippen molar-refractivity contribution in [3.05, 3.63) is 89.0 Å². The number of carbonyl (C=O) groups is 3. The standard InChI is InChI=1S/C33H37F3N4O6/c1-20-16-40(21(2)19-41)30(42)15-24-14-27(38-32(45)37-26-10-8-25(9-11-26)33(34,35)36)12-13-28(24)46-29(20)18-39(3)17-22-4-6-23(7-5-22)31(43)44/h4-14,20-21,29,41H,15-19H2,1-3H3,(H,43,44)(H2,37,38,45)/t20-,21+,29-/m1/s1. The smallest absolute Gasteiger partial charge is 0.416 e. The van der Waals surface area contributed by atoms with Gasteiger partial charge in [0.15, 0.2) is 0 Å². The van der Waals surface area contributed by atoms with Crippen LogP contribution in [0.5, 0.6) is 5.75 Å². The van der Waals surface area contributed by atoms with Gasteiger partial charge in [-0.3, -0.25) is 9.69 Å². The van der Waals surface area contributed by atoms with Gasteiger partial charge in [0.1, 0.15) is 11.9 Å². The summed E-state index contributed by atoms with van der Waals surface area (Å²) in [4.78, 5) is 41.0. The third-order valence-corrected chi connectivity index (χ3v) is 7.79. The number of aromatic carboxylic acids is 1. The van der Waals surface area contributed by atoms with Gasteiger partial charge in [0.05, 0.1) is 30.2 Å². The van der Waals surface area contributed by atoms with E-state index in [9.17, 15) is 37.8 Å². The average molecular weight is 643 g/mol. The Morgan fingerprint density at radius 2 is 1.67 bits per heavy atom. The molecule has 0 radical (unpaired) electrons. The van der Waals surface area contributed by atoms with E-state index in [2.05, 4.69) is 10.6 Å². The summed E-state index contributed by atoms with van der Waals surface area (Å²) in [5.74, 6) is -0.914. The van der Waals surface area contributed by atoms with E-state index in [4.69, 9.17) is 4.74 Å². The highest BCUT2D eigenvalue weighted by molar-refractivity contribution is 6.00. The second kappa shape index (κ2) is 14.6. The van der Waals surface area contributed by atoms with Crippen molar-refractivity contribution in [1.82, 2.24) is 9.80 Å². The van der Waals surface area contributed by atoms with Crippen molar-refractivity contribution in [3.63, 3.8) is 0 Å². The number of carboxylic acids is 1. The number of carboxylic acid groups (broad SMARTS) is 1. The fraction of sp³-hybridized carbons (Fsp3) is 0.364. The summed E-state index contributed by atoms with van der Waals surface area (Å²) in [5, 5.41) is 24.2. The maximum atomic E-state index is 13.5. The Morgan fingerprint density at radius 3 is 2.28 bits per heavy atom. The predicted molar refractivity (Wildman–Crippen MR) is 166 cm³/mol. The molecule has 0 bridgehead atoms. The summed E-state index contributed by atoms with van der Waals surface area (Å²) in [6, 6.07) is 14.4. The number of ether oxygens (including phenoxy) is 1. The molecule has 1 heterocycles. The van der Waals surface area contributed by atoms with Crippen molar-refractivity contribution in [2.24, 2.45) is 5.92 Å². The number of amides is 3. The first-order valence-electron chi connectivity index (χ1n) is 14.7. The van der Waals surface area contributed by atoms with Crippen molar-refractivity contribution < 1.29 is 42.5 Å². The third-order valence-electron chi connectivity index (χ3n) is 7.79. The van der Waals surface area contributed by atoms with Crippen LogP contribution < -0.4 is 15.4 Å². The molecule has 246 valence electrons. The molecule has 0 saturated carbocycles. The number of aliphatic hydroxyl groups is 1. The summed E-state index contributed by atoms with van der Waals surface area (Å²) in [6.07, 6.45) is -4.93. The molecule has 3 aromatic carbocycles. The molecular formula is C33H37F3N4O6. The maximum absolute atomic E-state index is 13.5. The molecule has 0 aliphatic carbocycles. The van der Waals surface area contributed by atoms with E-state index < -0.39 is 29.8 Å². The number of anilines is 2. The molecule has 13 heteroatoms. The lowest BCUT2D eigenvalue weighted by Crippen LogP contribution is -2.47. The van der Waals surface area contributed by atoms with Gasteiger partial charge in [-0.1, -0.05) is 19.1 Å². The molecule has 3 atom stereocenters. The number of benzene rings is 3. The molecule has 1 aliphatic heterocycles. The van der Waals surface area contributed by atoms with Crippen LogP contribution in [0.15, 0.2) is 66.7 Å². The largest absolute Gasteiger partial charge is 0.488 e. The number of hydrogen-bond donors (Lipinski definition) is 4. The molecule has 1 aliphatic rings. The number of nitrogens with zero attached hydrogens (tertiary/aromatic N) is 2. The summed E-state index contributed by atoms with van der Waals surface area (Å²) in [6.45, 7) is 4.82. The molecule has 46 heavy (non-hydrogen) atoms. The number of carbonyl (C=O) groups excluding carboxylic acids is 2. The minimum Gasteiger partial charge on any atom is -0.488 e. The van der Waals surface area contributed by atoms with Gasteiger partial charge in [-0.15, -0.1) is 0 Å². The number of rotatable bonds is 9. The molecule has 0 fully saturated rings. The van der Waals surface area contributed by atoms with E-state index >= 15 is 0 Å². The highest BCUT2D eigenvalue weighted by atomic mass is 19.4. The van der Waals surface area contributed by atoms with Crippen LogP contribution in [0.1, 0.15) is 40.9 Å². The molecule has 0 saturated heterocycles. The van der Waals surface area contributed by atoms with E-state index in [1.165, 1.54) is 0 Å². The zero-order valence-electron chi connectivity index (χ0n) is 25.7. The van der Waals surface area contributed by atoms with E-state index in [1.54, 1.807) is 54.3 Å². The van der Waals surface area contributed by atoms with Crippen LogP contribution in [0, 0.1) is 5.92 Å². The van der Waals surface area contributed by atoms with Crippen LogP contribution in [0.2, 0.25) is 0 Å². The van der Waals surface area contributed by atoms with Gasteiger partial charge >= 0.3 is 18.2 Å². The number of urea groups is 1. The van der Waals surface area contributed by atoms with Gasteiger partial charge in [-0.2, -0.15) is 13.2 Å². The summed E-state index contributed by atoms with van der Waals surface area (Å²) in [7, 11) is 1.91.